The summed E-state index contributed by atoms with van der Waals surface area (Å²) in [7, 11) is 0. The van der Waals surface area contributed by atoms with Gasteiger partial charge in [0.05, 0.1) is 12.8 Å². The zero-order valence-electron chi connectivity index (χ0n) is 13.2. The van der Waals surface area contributed by atoms with Crippen LogP contribution in [0.2, 0.25) is 0 Å². The van der Waals surface area contributed by atoms with Crippen LogP contribution in [-0.2, 0) is 6.54 Å². The molecule has 0 radical (unpaired) electrons. The van der Waals surface area contributed by atoms with E-state index in [1.807, 2.05) is 29.9 Å². The van der Waals surface area contributed by atoms with Crippen LogP contribution in [0, 0.1) is 11.8 Å². The molecule has 1 saturated heterocycles. The number of nitrogens with zero attached hydrogens (tertiary/aromatic N) is 4. The number of hydrogen-bond acceptors (Lipinski definition) is 5. The van der Waals surface area contributed by atoms with Gasteiger partial charge in [0.1, 0.15) is 5.69 Å². The molecule has 2 aromatic heterocycles. The molecule has 3 rings (SSSR count). The summed E-state index contributed by atoms with van der Waals surface area (Å²) in [5, 5.41) is 12.0. The van der Waals surface area contributed by atoms with E-state index in [2.05, 4.69) is 27.5 Å². The normalized spacial score (nSPS) is 21.7. The number of hydrogen-bond donors (Lipinski definition) is 1. The van der Waals surface area contributed by atoms with Crippen LogP contribution in [-0.4, -0.2) is 39.7 Å². The molecule has 0 bridgehead atoms. The van der Waals surface area contributed by atoms with Crippen LogP contribution in [0.4, 0.5) is 0 Å². The maximum atomic E-state index is 5.35. The van der Waals surface area contributed by atoms with E-state index in [1.165, 1.54) is 6.42 Å². The molecule has 0 aliphatic carbocycles. The van der Waals surface area contributed by atoms with Crippen molar-refractivity contribution in [2.45, 2.75) is 26.8 Å². The third-order valence-electron chi connectivity index (χ3n) is 3.97. The Balaban J connectivity index is 1.65. The van der Waals surface area contributed by atoms with Gasteiger partial charge in [-0.1, -0.05) is 12.1 Å². The lowest BCUT2D eigenvalue weighted by Gasteiger charge is -2.27. The number of piperidine rings is 1. The van der Waals surface area contributed by atoms with Crippen molar-refractivity contribution >= 4 is 0 Å². The standard InChI is InChI=1S/C16H23N5O/c1-3-22-16-5-4-14(9-18-16)15-11-21(20-19-15)10-13-6-12(2)7-17-8-13/h4-5,9,11-13,17H,3,6-8,10H2,1-2H3. The van der Waals surface area contributed by atoms with Gasteiger partial charge in [0.2, 0.25) is 5.88 Å². The summed E-state index contributed by atoms with van der Waals surface area (Å²) >= 11 is 0. The molecule has 22 heavy (non-hydrogen) atoms. The summed E-state index contributed by atoms with van der Waals surface area (Å²) in [5.41, 5.74) is 1.82. The van der Waals surface area contributed by atoms with Crippen LogP contribution >= 0.6 is 0 Å². The second kappa shape index (κ2) is 6.87. The summed E-state index contributed by atoms with van der Waals surface area (Å²) in [6, 6.07) is 3.83. The van der Waals surface area contributed by atoms with Crippen molar-refractivity contribution in [1.82, 2.24) is 25.3 Å². The molecule has 1 aliphatic heterocycles. The Morgan fingerprint density at radius 1 is 1.36 bits per heavy atom. The van der Waals surface area contributed by atoms with E-state index in [-0.39, 0.29) is 0 Å². The summed E-state index contributed by atoms with van der Waals surface area (Å²) in [6.07, 6.45) is 5.02. The lowest BCUT2D eigenvalue weighted by atomic mass is 9.92. The van der Waals surface area contributed by atoms with Crippen molar-refractivity contribution in [1.29, 1.82) is 0 Å². The highest BCUT2D eigenvalue weighted by Gasteiger charge is 2.19. The minimum absolute atomic E-state index is 0.621. The van der Waals surface area contributed by atoms with Gasteiger partial charge in [-0.25, -0.2) is 4.98 Å². The quantitative estimate of drug-likeness (QED) is 0.915. The number of rotatable bonds is 5. The second-order valence-electron chi connectivity index (χ2n) is 6.01. The van der Waals surface area contributed by atoms with Gasteiger partial charge in [0.25, 0.3) is 0 Å². The highest BCUT2D eigenvalue weighted by molar-refractivity contribution is 5.56. The molecule has 2 atom stereocenters. The Labute approximate surface area is 130 Å². The number of aromatic nitrogens is 4. The zero-order chi connectivity index (χ0) is 15.4. The van der Waals surface area contributed by atoms with Crippen LogP contribution in [0.15, 0.2) is 24.5 Å². The van der Waals surface area contributed by atoms with Crippen LogP contribution in [0.25, 0.3) is 11.3 Å². The van der Waals surface area contributed by atoms with Crippen LogP contribution in [0.1, 0.15) is 20.3 Å². The molecule has 1 fully saturated rings. The van der Waals surface area contributed by atoms with Gasteiger partial charge in [-0.15, -0.1) is 5.10 Å². The van der Waals surface area contributed by atoms with Crippen molar-refractivity contribution in [3.63, 3.8) is 0 Å². The van der Waals surface area contributed by atoms with Crippen LogP contribution in [0.5, 0.6) is 5.88 Å². The van der Waals surface area contributed by atoms with Gasteiger partial charge < -0.3 is 10.1 Å². The first-order chi connectivity index (χ1) is 10.7. The lowest BCUT2D eigenvalue weighted by molar-refractivity contribution is 0.266. The van der Waals surface area contributed by atoms with Gasteiger partial charge in [-0.2, -0.15) is 0 Å². The van der Waals surface area contributed by atoms with Crippen LogP contribution in [0.3, 0.4) is 0 Å². The smallest absolute Gasteiger partial charge is 0.213 e. The van der Waals surface area contributed by atoms with Crippen molar-refractivity contribution in [2.24, 2.45) is 11.8 Å². The molecule has 0 saturated carbocycles. The molecule has 118 valence electrons. The monoisotopic (exact) mass is 301 g/mol. The van der Waals surface area contributed by atoms with Gasteiger partial charge in [-0.05, 0) is 44.3 Å². The van der Waals surface area contributed by atoms with E-state index in [0.717, 1.165) is 36.8 Å². The third-order valence-corrected chi connectivity index (χ3v) is 3.97. The Hall–Kier alpha value is -1.95. The summed E-state index contributed by atoms with van der Waals surface area (Å²) < 4.78 is 7.29. The van der Waals surface area contributed by atoms with Crippen molar-refractivity contribution in [3.05, 3.63) is 24.5 Å². The number of ether oxygens (including phenoxy) is 1. The summed E-state index contributed by atoms with van der Waals surface area (Å²) in [6.45, 7) is 7.95. The number of pyridine rings is 1. The molecule has 3 heterocycles. The second-order valence-corrected chi connectivity index (χ2v) is 6.01. The fourth-order valence-electron chi connectivity index (χ4n) is 2.96. The summed E-state index contributed by atoms with van der Waals surface area (Å²) in [5.74, 6) is 2.00. The van der Waals surface area contributed by atoms with E-state index in [9.17, 15) is 0 Å². The van der Waals surface area contributed by atoms with E-state index in [4.69, 9.17) is 4.74 Å². The maximum absolute atomic E-state index is 5.35. The molecule has 0 amide bonds. The van der Waals surface area contributed by atoms with Gasteiger partial charge in [0.15, 0.2) is 0 Å². The minimum atomic E-state index is 0.621. The predicted molar refractivity (Wildman–Crippen MR) is 84.6 cm³/mol. The third kappa shape index (κ3) is 3.62. The zero-order valence-corrected chi connectivity index (χ0v) is 13.2. The van der Waals surface area contributed by atoms with Gasteiger partial charge >= 0.3 is 0 Å². The van der Waals surface area contributed by atoms with E-state index < -0.39 is 0 Å². The van der Waals surface area contributed by atoms with Gasteiger partial charge in [0, 0.05) is 24.4 Å². The highest BCUT2D eigenvalue weighted by Crippen LogP contribution is 2.20. The largest absolute Gasteiger partial charge is 0.478 e. The first-order valence-electron chi connectivity index (χ1n) is 7.94. The van der Waals surface area contributed by atoms with Gasteiger partial charge in [-0.3, -0.25) is 4.68 Å². The Morgan fingerprint density at radius 2 is 2.27 bits per heavy atom. The molecule has 6 nitrogen and oxygen atoms in total. The SMILES string of the molecule is CCOc1ccc(-c2cn(CC3CNCC(C)C3)nn2)cn1. The molecule has 0 spiro atoms. The fourth-order valence-corrected chi connectivity index (χ4v) is 2.96. The Kier molecular flexibility index (Phi) is 4.68. The molecule has 2 unspecified atom stereocenters. The molecule has 0 aromatic carbocycles. The molecular weight excluding hydrogens is 278 g/mol. The average Bonchev–Trinajstić information content (AvgIpc) is 2.97. The Morgan fingerprint density at radius 3 is 3.00 bits per heavy atom. The predicted octanol–water partition coefficient (Wildman–Crippen LogP) is 1.98. The Bertz CT molecular complexity index is 595. The lowest BCUT2D eigenvalue weighted by Crippen LogP contribution is -2.37. The van der Waals surface area contributed by atoms with Crippen LogP contribution < -0.4 is 10.1 Å². The van der Waals surface area contributed by atoms with Crippen molar-refractivity contribution in [3.8, 4) is 17.1 Å². The molecule has 6 heteroatoms. The molecule has 2 aromatic rings. The molecule has 1 N–H and O–H groups in total. The molecular formula is C16H23N5O. The van der Waals surface area contributed by atoms with E-state index in [1.54, 1.807) is 6.20 Å². The van der Waals surface area contributed by atoms with Crippen molar-refractivity contribution in [2.75, 3.05) is 19.7 Å². The van der Waals surface area contributed by atoms with E-state index in [0.29, 0.717) is 18.4 Å². The topological polar surface area (TPSA) is 64.9 Å². The first kappa shape index (κ1) is 15.0. The minimum Gasteiger partial charge on any atom is -0.478 e. The van der Waals surface area contributed by atoms with E-state index >= 15 is 0 Å². The first-order valence-corrected chi connectivity index (χ1v) is 7.94. The average molecular weight is 301 g/mol. The summed E-state index contributed by atoms with van der Waals surface area (Å²) in [4.78, 5) is 4.27. The van der Waals surface area contributed by atoms with Crippen molar-refractivity contribution < 1.29 is 4.74 Å². The highest BCUT2D eigenvalue weighted by atomic mass is 16.5. The fraction of sp³-hybridized carbons (Fsp3) is 0.562. The molecule has 1 aliphatic rings. The maximum Gasteiger partial charge on any atom is 0.213 e. The number of nitrogens with one attached hydrogen (secondary N) is 1.